The monoisotopic (exact) mass is 190 g/mol. The van der Waals surface area contributed by atoms with Crippen LogP contribution in [0.25, 0.3) is 0 Å². The maximum atomic E-state index is 11.0. The molecule has 78 valence electrons. The number of aliphatic hydroxyl groups excluding tert-OH is 1. The fourth-order valence-electron chi connectivity index (χ4n) is 0.664. The predicted octanol–water partition coefficient (Wildman–Crippen LogP) is -1.33. The lowest BCUT2D eigenvalue weighted by molar-refractivity contribution is -0.127. The van der Waals surface area contributed by atoms with Gasteiger partial charge in [0.1, 0.15) is 0 Å². The molecule has 0 fully saturated rings. The second kappa shape index (κ2) is 7.97. The molecule has 0 atom stereocenters. The van der Waals surface area contributed by atoms with Crippen LogP contribution in [-0.2, 0) is 9.53 Å². The number of hydrogen-bond donors (Lipinski definition) is 2. The Kier molecular flexibility index (Phi) is 7.57. The fraction of sp³-hybridized carbons (Fsp3) is 0.875. The first kappa shape index (κ1) is 12.3. The molecule has 0 saturated carbocycles. The SMILES string of the molecule is CN(C)C(=O)CNCCOCCO. The zero-order valence-electron chi connectivity index (χ0n) is 8.25. The summed E-state index contributed by atoms with van der Waals surface area (Å²) < 4.78 is 4.99. The van der Waals surface area contributed by atoms with Crippen LogP contribution < -0.4 is 5.32 Å². The van der Waals surface area contributed by atoms with Gasteiger partial charge in [0.05, 0.1) is 26.4 Å². The number of carbonyl (C=O) groups is 1. The van der Waals surface area contributed by atoms with Gasteiger partial charge in [0.2, 0.25) is 5.91 Å². The normalized spacial score (nSPS) is 10.1. The minimum atomic E-state index is 0.0383. The van der Waals surface area contributed by atoms with Crippen LogP contribution in [0.15, 0.2) is 0 Å². The van der Waals surface area contributed by atoms with Gasteiger partial charge in [-0.25, -0.2) is 0 Å². The summed E-state index contributed by atoms with van der Waals surface area (Å²) in [6, 6.07) is 0. The van der Waals surface area contributed by atoms with E-state index < -0.39 is 0 Å². The van der Waals surface area contributed by atoms with Crippen LogP contribution in [-0.4, -0.2) is 62.9 Å². The molecule has 5 nitrogen and oxygen atoms in total. The minimum absolute atomic E-state index is 0.0383. The highest BCUT2D eigenvalue weighted by atomic mass is 16.5. The molecule has 0 aromatic heterocycles. The molecule has 0 rings (SSSR count). The number of hydrogen-bond acceptors (Lipinski definition) is 4. The Morgan fingerprint density at radius 2 is 2.15 bits per heavy atom. The van der Waals surface area contributed by atoms with Crippen LogP contribution in [0.1, 0.15) is 0 Å². The van der Waals surface area contributed by atoms with Crippen molar-refractivity contribution in [3.05, 3.63) is 0 Å². The van der Waals surface area contributed by atoms with E-state index in [9.17, 15) is 4.79 Å². The molecule has 0 aromatic rings. The van der Waals surface area contributed by atoms with Gasteiger partial charge in [-0.05, 0) is 0 Å². The van der Waals surface area contributed by atoms with Gasteiger partial charge in [-0.15, -0.1) is 0 Å². The van der Waals surface area contributed by atoms with Crippen molar-refractivity contribution in [1.29, 1.82) is 0 Å². The molecule has 1 amide bonds. The van der Waals surface area contributed by atoms with Crippen molar-refractivity contribution >= 4 is 5.91 Å². The largest absolute Gasteiger partial charge is 0.394 e. The third-order valence-electron chi connectivity index (χ3n) is 1.43. The lowest BCUT2D eigenvalue weighted by Crippen LogP contribution is -2.34. The highest BCUT2D eigenvalue weighted by Crippen LogP contribution is 1.76. The van der Waals surface area contributed by atoms with E-state index in [0.29, 0.717) is 26.3 Å². The van der Waals surface area contributed by atoms with E-state index in [2.05, 4.69) is 5.32 Å². The van der Waals surface area contributed by atoms with Gasteiger partial charge in [-0.1, -0.05) is 0 Å². The molecule has 0 radical (unpaired) electrons. The molecule has 0 aliphatic carbocycles. The van der Waals surface area contributed by atoms with Crippen molar-refractivity contribution in [3.8, 4) is 0 Å². The van der Waals surface area contributed by atoms with Crippen LogP contribution in [0.5, 0.6) is 0 Å². The molecular formula is C8H18N2O3. The Balaban J connectivity index is 3.12. The topological polar surface area (TPSA) is 61.8 Å². The van der Waals surface area contributed by atoms with Crippen molar-refractivity contribution < 1.29 is 14.6 Å². The molecule has 0 heterocycles. The van der Waals surface area contributed by atoms with Gasteiger partial charge in [0.25, 0.3) is 0 Å². The lowest BCUT2D eigenvalue weighted by Gasteiger charge is -2.10. The second-order valence-electron chi connectivity index (χ2n) is 2.80. The Morgan fingerprint density at radius 1 is 1.46 bits per heavy atom. The summed E-state index contributed by atoms with van der Waals surface area (Å²) in [5, 5.41) is 11.3. The van der Waals surface area contributed by atoms with Crippen LogP contribution >= 0.6 is 0 Å². The van der Waals surface area contributed by atoms with Gasteiger partial charge in [-0.3, -0.25) is 4.79 Å². The summed E-state index contributed by atoms with van der Waals surface area (Å²) in [4.78, 5) is 12.5. The minimum Gasteiger partial charge on any atom is -0.394 e. The van der Waals surface area contributed by atoms with E-state index in [1.54, 1.807) is 14.1 Å². The van der Waals surface area contributed by atoms with E-state index in [4.69, 9.17) is 9.84 Å². The average molecular weight is 190 g/mol. The molecule has 0 bridgehead atoms. The van der Waals surface area contributed by atoms with Gasteiger partial charge in [0, 0.05) is 20.6 Å². The van der Waals surface area contributed by atoms with Crippen LogP contribution in [0.4, 0.5) is 0 Å². The van der Waals surface area contributed by atoms with E-state index in [1.165, 1.54) is 4.90 Å². The van der Waals surface area contributed by atoms with E-state index in [-0.39, 0.29) is 12.5 Å². The number of rotatable bonds is 7. The quantitative estimate of drug-likeness (QED) is 0.488. The summed E-state index contributed by atoms with van der Waals surface area (Å²) in [7, 11) is 3.43. The van der Waals surface area contributed by atoms with Crippen molar-refractivity contribution in [2.24, 2.45) is 0 Å². The standard InChI is InChI=1S/C8H18N2O3/c1-10(2)8(12)7-9-3-5-13-6-4-11/h9,11H,3-7H2,1-2H3. The van der Waals surface area contributed by atoms with E-state index in [1.807, 2.05) is 0 Å². The van der Waals surface area contributed by atoms with Crippen molar-refractivity contribution in [2.75, 3.05) is 47.0 Å². The number of carbonyl (C=O) groups excluding carboxylic acids is 1. The summed E-state index contributed by atoms with van der Waals surface area (Å²) in [5.41, 5.74) is 0. The number of nitrogens with one attached hydrogen (secondary N) is 1. The van der Waals surface area contributed by atoms with Crippen molar-refractivity contribution in [3.63, 3.8) is 0 Å². The molecule has 0 aliphatic rings. The first-order valence-corrected chi connectivity index (χ1v) is 4.28. The average Bonchev–Trinajstić information content (AvgIpc) is 2.10. The Morgan fingerprint density at radius 3 is 2.69 bits per heavy atom. The fourth-order valence-corrected chi connectivity index (χ4v) is 0.664. The summed E-state index contributed by atoms with van der Waals surface area (Å²) >= 11 is 0. The van der Waals surface area contributed by atoms with Crippen molar-refractivity contribution in [1.82, 2.24) is 10.2 Å². The molecule has 0 spiro atoms. The first-order valence-electron chi connectivity index (χ1n) is 4.28. The summed E-state index contributed by atoms with van der Waals surface area (Å²) in [5.74, 6) is 0.0437. The molecule has 0 unspecified atom stereocenters. The number of ether oxygens (including phenoxy) is 1. The highest BCUT2D eigenvalue weighted by molar-refractivity contribution is 5.77. The number of amides is 1. The highest BCUT2D eigenvalue weighted by Gasteiger charge is 2.01. The molecule has 0 aliphatic heterocycles. The van der Waals surface area contributed by atoms with E-state index in [0.717, 1.165) is 0 Å². The van der Waals surface area contributed by atoms with Crippen molar-refractivity contribution in [2.45, 2.75) is 0 Å². The third-order valence-corrected chi connectivity index (χ3v) is 1.43. The molecule has 0 saturated heterocycles. The Labute approximate surface area is 78.7 Å². The van der Waals surface area contributed by atoms with E-state index >= 15 is 0 Å². The molecule has 5 heteroatoms. The van der Waals surface area contributed by atoms with Gasteiger partial charge in [0.15, 0.2) is 0 Å². The molecule has 0 aromatic carbocycles. The smallest absolute Gasteiger partial charge is 0.236 e. The zero-order valence-corrected chi connectivity index (χ0v) is 8.25. The Bertz CT molecular complexity index is 139. The molecular weight excluding hydrogens is 172 g/mol. The number of aliphatic hydroxyl groups is 1. The lowest BCUT2D eigenvalue weighted by atomic mass is 10.5. The second-order valence-corrected chi connectivity index (χ2v) is 2.80. The van der Waals surface area contributed by atoms with Gasteiger partial charge < -0.3 is 20.1 Å². The summed E-state index contributed by atoms with van der Waals surface area (Å²) in [6.07, 6.45) is 0. The van der Waals surface area contributed by atoms with Crippen LogP contribution in [0.3, 0.4) is 0 Å². The first-order chi connectivity index (χ1) is 6.18. The van der Waals surface area contributed by atoms with Crippen LogP contribution in [0, 0.1) is 0 Å². The molecule has 13 heavy (non-hydrogen) atoms. The summed E-state index contributed by atoms with van der Waals surface area (Å²) in [6.45, 7) is 1.86. The number of nitrogens with zero attached hydrogens (tertiary/aromatic N) is 1. The molecule has 2 N–H and O–H groups in total. The maximum absolute atomic E-state index is 11.0. The number of likely N-dealkylation sites (N-methyl/N-ethyl adjacent to an activating group) is 1. The third kappa shape index (κ3) is 7.70. The van der Waals surface area contributed by atoms with Gasteiger partial charge in [-0.2, -0.15) is 0 Å². The van der Waals surface area contributed by atoms with Gasteiger partial charge >= 0.3 is 0 Å². The predicted molar refractivity (Wildman–Crippen MR) is 49.5 cm³/mol. The maximum Gasteiger partial charge on any atom is 0.236 e. The Hall–Kier alpha value is -0.650. The zero-order chi connectivity index (χ0) is 10.1. The van der Waals surface area contributed by atoms with Crippen LogP contribution in [0.2, 0.25) is 0 Å².